The summed E-state index contributed by atoms with van der Waals surface area (Å²) in [5.41, 5.74) is 1.25. The first kappa shape index (κ1) is 32.1. The number of hydrogen-bond donors (Lipinski definition) is 2. The molecule has 250 valence electrons. The predicted molar refractivity (Wildman–Crippen MR) is 182 cm³/mol. The summed E-state index contributed by atoms with van der Waals surface area (Å²) in [6.07, 6.45) is 11.4. The molecule has 8 rings (SSSR count). The number of hydrogen-bond acceptors (Lipinski definition) is 8. The predicted octanol–water partition coefficient (Wildman–Crippen LogP) is 6.17. The van der Waals surface area contributed by atoms with Crippen LogP contribution in [0.1, 0.15) is 88.2 Å². The molecule has 2 aromatic carbocycles. The lowest BCUT2D eigenvalue weighted by Gasteiger charge is -2.41. The molecule has 4 saturated carbocycles. The second-order valence-corrected chi connectivity index (χ2v) is 20.9. The van der Waals surface area contributed by atoms with E-state index in [1.807, 2.05) is 38.1 Å². The molecule has 8 nitrogen and oxygen atoms in total. The van der Waals surface area contributed by atoms with Gasteiger partial charge in [0.15, 0.2) is 0 Å². The zero-order chi connectivity index (χ0) is 32.0. The second kappa shape index (κ2) is 11.2. The van der Waals surface area contributed by atoms with Gasteiger partial charge in [-0.2, -0.15) is 0 Å². The molecule has 0 bridgehead atoms. The molecule has 2 heterocycles. The van der Waals surface area contributed by atoms with Crippen molar-refractivity contribution in [1.29, 1.82) is 0 Å². The summed E-state index contributed by atoms with van der Waals surface area (Å²) >= 11 is 0. The highest BCUT2D eigenvalue weighted by Gasteiger charge is 2.75. The molecule has 0 aromatic heterocycles. The lowest BCUT2D eigenvalue weighted by atomic mass is 9.69. The Bertz CT molecular complexity index is 1590. The number of sulfonamides is 2. The van der Waals surface area contributed by atoms with Crippen molar-refractivity contribution in [1.82, 2.24) is 9.44 Å². The van der Waals surface area contributed by atoms with Crippen LogP contribution in [0.5, 0.6) is 0 Å². The molecule has 6 fully saturated rings. The zero-order valence-corrected chi connectivity index (χ0v) is 29.8. The first-order valence-corrected chi connectivity index (χ1v) is 22.0. The maximum Gasteiger partial charge on any atom is 0.240 e. The highest BCUT2D eigenvalue weighted by atomic mass is 33.1. The van der Waals surface area contributed by atoms with E-state index in [4.69, 9.17) is 9.47 Å². The Morgan fingerprint density at radius 3 is 1.24 bits per heavy atom. The van der Waals surface area contributed by atoms with Crippen LogP contribution in [0.3, 0.4) is 0 Å². The number of epoxide rings is 2. The fraction of sp³-hybridized carbons (Fsp3) is 0.647. The Morgan fingerprint density at radius 2 is 0.891 bits per heavy atom. The minimum absolute atomic E-state index is 0.0102. The quantitative estimate of drug-likeness (QED) is 0.235. The van der Waals surface area contributed by atoms with Crippen LogP contribution in [0.4, 0.5) is 0 Å². The monoisotopic (exact) mass is 704 g/mol. The molecule has 2 aliphatic heterocycles. The average molecular weight is 705 g/mol. The van der Waals surface area contributed by atoms with E-state index >= 15 is 0 Å². The van der Waals surface area contributed by atoms with Crippen LogP contribution in [0.2, 0.25) is 0 Å². The van der Waals surface area contributed by atoms with Gasteiger partial charge in [-0.3, -0.25) is 0 Å². The maximum atomic E-state index is 13.6. The summed E-state index contributed by atoms with van der Waals surface area (Å²) in [6.45, 7) is 3.90. The number of benzene rings is 2. The number of ether oxygens (including phenoxy) is 2. The summed E-state index contributed by atoms with van der Waals surface area (Å²) in [4.78, 5) is 0.557. The molecule has 8 atom stereocenters. The minimum Gasteiger partial charge on any atom is -0.362 e. The maximum absolute atomic E-state index is 13.6. The first-order valence-electron chi connectivity index (χ1n) is 16.8. The highest BCUT2D eigenvalue weighted by Crippen LogP contribution is 2.69. The summed E-state index contributed by atoms with van der Waals surface area (Å²) in [6, 6.07) is 13.4. The van der Waals surface area contributed by atoms with Crippen molar-refractivity contribution in [2.45, 2.75) is 146 Å². The van der Waals surface area contributed by atoms with Crippen LogP contribution in [0.15, 0.2) is 58.3 Å². The number of nitrogens with one attached hydrogen (secondary N) is 2. The van der Waals surface area contributed by atoms with E-state index in [0.717, 1.165) is 75.3 Å². The van der Waals surface area contributed by atoms with Crippen LogP contribution in [-0.2, 0) is 29.5 Å². The van der Waals surface area contributed by atoms with E-state index in [0.29, 0.717) is 12.8 Å². The van der Waals surface area contributed by atoms with E-state index < -0.39 is 20.0 Å². The molecule has 4 aliphatic carbocycles. The smallest absolute Gasteiger partial charge is 0.240 e. The fourth-order valence-corrected chi connectivity index (χ4v) is 15.6. The molecular formula is C34H44N2O6S4. The highest BCUT2D eigenvalue weighted by molar-refractivity contribution is 8.77. The van der Waals surface area contributed by atoms with Crippen molar-refractivity contribution in [3.63, 3.8) is 0 Å². The fourth-order valence-electron chi connectivity index (χ4n) is 9.23. The third-order valence-corrected chi connectivity index (χ3v) is 18.2. The molecule has 0 amide bonds. The Hall–Kier alpha value is -1.12. The van der Waals surface area contributed by atoms with Crippen molar-refractivity contribution in [3.8, 4) is 0 Å². The van der Waals surface area contributed by atoms with Gasteiger partial charge in [-0.05, 0) is 89.5 Å². The summed E-state index contributed by atoms with van der Waals surface area (Å²) < 4.78 is 73.9. The molecule has 2 saturated heterocycles. The third kappa shape index (κ3) is 5.41. The van der Waals surface area contributed by atoms with Crippen molar-refractivity contribution in [2.24, 2.45) is 0 Å². The Labute approximate surface area is 281 Å². The molecule has 12 heteroatoms. The van der Waals surface area contributed by atoms with Gasteiger partial charge in [0.1, 0.15) is 0 Å². The Kier molecular flexibility index (Phi) is 7.82. The van der Waals surface area contributed by atoms with Gasteiger partial charge in [0.2, 0.25) is 20.0 Å². The number of rotatable bonds is 9. The molecule has 6 aliphatic rings. The molecule has 2 aromatic rings. The van der Waals surface area contributed by atoms with Crippen molar-refractivity contribution in [2.75, 3.05) is 0 Å². The molecule has 46 heavy (non-hydrogen) atoms. The van der Waals surface area contributed by atoms with Gasteiger partial charge >= 0.3 is 0 Å². The van der Waals surface area contributed by atoms with Crippen LogP contribution in [-0.4, -0.2) is 61.8 Å². The van der Waals surface area contributed by atoms with Crippen LogP contribution in [0, 0.1) is 13.8 Å². The second-order valence-electron chi connectivity index (χ2n) is 14.8. The van der Waals surface area contributed by atoms with Crippen LogP contribution < -0.4 is 9.44 Å². The van der Waals surface area contributed by atoms with E-state index in [9.17, 15) is 16.8 Å². The molecule has 0 spiro atoms. The van der Waals surface area contributed by atoms with E-state index in [-0.39, 0.29) is 54.8 Å². The number of aryl methyl sites for hydroxylation is 2. The molecular weight excluding hydrogens is 661 g/mol. The lowest BCUT2D eigenvalue weighted by molar-refractivity contribution is 0.257. The van der Waals surface area contributed by atoms with Gasteiger partial charge in [0.25, 0.3) is 0 Å². The molecule has 2 N–H and O–H groups in total. The van der Waals surface area contributed by atoms with Crippen LogP contribution >= 0.6 is 21.6 Å². The first-order chi connectivity index (χ1) is 21.9. The normalized spacial score (nSPS) is 39.8. The minimum atomic E-state index is -3.73. The van der Waals surface area contributed by atoms with Gasteiger partial charge in [0, 0.05) is 22.6 Å². The van der Waals surface area contributed by atoms with Gasteiger partial charge < -0.3 is 9.47 Å². The third-order valence-electron chi connectivity index (χ3n) is 11.8. The lowest BCUT2D eigenvalue weighted by Crippen LogP contribution is -2.53. The Balaban J connectivity index is 1.05. The van der Waals surface area contributed by atoms with Gasteiger partial charge in [0.05, 0.1) is 32.2 Å². The van der Waals surface area contributed by atoms with Gasteiger partial charge in [-0.15, -0.1) is 0 Å². The SMILES string of the molecule is Cc1ccc(S(=O)(=O)NC2C[C@]34CCCC[C@@]3(CC2SS[C@@H]2C[C@@]35CCCC[C@]3(C[C@H]2NS(=O)(=O)c2ccc(C)cc2)O5)O4)cc1. The summed E-state index contributed by atoms with van der Waals surface area (Å²) in [7, 11) is -4.00. The van der Waals surface area contributed by atoms with Crippen molar-refractivity contribution in [3.05, 3.63) is 59.7 Å². The molecule has 0 radical (unpaired) electrons. The largest absolute Gasteiger partial charge is 0.362 e. The Morgan fingerprint density at radius 1 is 0.565 bits per heavy atom. The van der Waals surface area contributed by atoms with Gasteiger partial charge in [-0.25, -0.2) is 26.3 Å². The van der Waals surface area contributed by atoms with Crippen molar-refractivity contribution < 1.29 is 26.3 Å². The summed E-state index contributed by atoms with van der Waals surface area (Å²) in [5.74, 6) is 0. The van der Waals surface area contributed by atoms with Crippen LogP contribution in [0.25, 0.3) is 0 Å². The molecule has 2 unspecified atom stereocenters. The standard InChI is InChI=1S/C34H44N2O6S4/c1-23-7-11-25(12-8-23)45(37,38)35-27-19-31-15-3-5-17-33(31,41-31)21-29(27)43-44-30-22-34-18-6-4-16-32(34,42-34)20-28(30)36-46(39,40)26-13-9-24(2)10-14-26/h7-14,27-30,35-36H,3-6,15-22H2,1-2H3/t27-,28?,29-,30?,31-,32-,33+,34+/m1/s1. The topological polar surface area (TPSA) is 117 Å². The zero-order valence-electron chi connectivity index (χ0n) is 26.5. The van der Waals surface area contributed by atoms with E-state index in [2.05, 4.69) is 9.44 Å². The summed E-state index contributed by atoms with van der Waals surface area (Å²) in [5, 5.41) is -0.0204. The van der Waals surface area contributed by atoms with Gasteiger partial charge in [-0.1, -0.05) is 82.7 Å². The van der Waals surface area contributed by atoms with E-state index in [1.54, 1.807) is 45.9 Å². The van der Waals surface area contributed by atoms with Crippen molar-refractivity contribution >= 4 is 41.6 Å². The average Bonchev–Trinajstić information content (AvgIpc) is 3.89. The van der Waals surface area contributed by atoms with E-state index in [1.165, 1.54) is 0 Å².